The van der Waals surface area contributed by atoms with E-state index in [-0.39, 0.29) is 5.91 Å². The second kappa shape index (κ2) is 3.73. The maximum absolute atomic E-state index is 12.1. The first-order valence-electron chi connectivity index (χ1n) is 5.98. The zero-order valence-electron chi connectivity index (χ0n) is 9.52. The summed E-state index contributed by atoms with van der Waals surface area (Å²) in [4.78, 5) is 13.7. The van der Waals surface area contributed by atoms with E-state index in [2.05, 4.69) is 10.2 Å². The van der Waals surface area contributed by atoms with Gasteiger partial charge in [0.1, 0.15) is 0 Å². The maximum atomic E-state index is 12.1. The number of nitrogens with zero attached hydrogens (tertiary/aromatic N) is 2. The fraction of sp³-hybridized carbons (Fsp3) is 0.636. The Morgan fingerprint density at radius 2 is 2.24 bits per heavy atom. The Morgan fingerprint density at radius 3 is 2.82 bits per heavy atom. The van der Waals surface area contributed by atoms with Crippen molar-refractivity contribution in [3.05, 3.63) is 11.4 Å². The third-order valence-corrected chi connectivity index (χ3v) is 3.47. The summed E-state index contributed by atoms with van der Waals surface area (Å²) in [5.41, 5.74) is 7.63. The lowest BCUT2D eigenvalue weighted by Gasteiger charge is -2.13. The highest BCUT2D eigenvalue weighted by Crippen LogP contribution is 2.42. The van der Waals surface area contributed by atoms with Gasteiger partial charge in [0, 0.05) is 19.0 Å². The molecule has 4 N–H and O–H groups in total. The molecule has 2 aliphatic rings. The molecule has 6 nitrogen and oxygen atoms in total. The van der Waals surface area contributed by atoms with Crippen molar-refractivity contribution in [1.82, 2.24) is 15.1 Å². The zero-order valence-corrected chi connectivity index (χ0v) is 9.52. The second-order valence-electron chi connectivity index (χ2n) is 4.87. The van der Waals surface area contributed by atoms with Crippen LogP contribution in [0.2, 0.25) is 0 Å². The summed E-state index contributed by atoms with van der Waals surface area (Å²) in [6.07, 6.45) is 2.44. The topological polar surface area (TPSA) is 95.2 Å². The standard InChI is InChI=1S/C11H16N4O2/c12-8-9(6-1-2-6)13-14-10(8)11(17)15-4-3-7(16)5-15/h6-7,16H,1-5,12H2,(H,13,14)/t7-/m0/s1. The summed E-state index contributed by atoms with van der Waals surface area (Å²) in [5.74, 6) is 0.274. The predicted octanol–water partition coefficient (Wildman–Crippen LogP) is 0.0761. The van der Waals surface area contributed by atoms with Crippen LogP contribution in [0.1, 0.15) is 41.4 Å². The van der Waals surface area contributed by atoms with E-state index in [0.717, 1.165) is 18.5 Å². The van der Waals surface area contributed by atoms with Gasteiger partial charge in [0.15, 0.2) is 5.69 Å². The first-order chi connectivity index (χ1) is 8.16. The molecule has 1 saturated heterocycles. The number of nitrogens with one attached hydrogen (secondary N) is 1. The molecular weight excluding hydrogens is 220 g/mol. The molecule has 1 atom stereocenters. The van der Waals surface area contributed by atoms with Gasteiger partial charge >= 0.3 is 0 Å². The SMILES string of the molecule is Nc1c(C(=O)N2CC[C@H](O)C2)n[nH]c1C1CC1. The normalized spacial score (nSPS) is 24.3. The molecule has 0 radical (unpaired) electrons. The number of β-amino-alcohol motifs (C(OH)–C–C–N with tert-alkyl or cyclic N) is 1. The van der Waals surface area contributed by atoms with Crippen LogP contribution < -0.4 is 5.73 Å². The molecule has 0 bridgehead atoms. The van der Waals surface area contributed by atoms with Gasteiger partial charge in [-0.2, -0.15) is 5.10 Å². The number of amides is 1. The van der Waals surface area contributed by atoms with E-state index in [1.807, 2.05) is 0 Å². The zero-order chi connectivity index (χ0) is 12.0. The molecule has 1 amide bonds. The molecule has 3 rings (SSSR count). The van der Waals surface area contributed by atoms with E-state index in [0.29, 0.717) is 36.8 Å². The van der Waals surface area contributed by atoms with Gasteiger partial charge in [-0.3, -0.25) is 9.89 Å². The van der Waals surface area contributed by atoms with E-state index in [9.17, 15) is 9.90 Å². The lowest BCUT2D eigenvalue weighted by atomic mass is 10.2. The first kappa shape index (κ1) is 10.6. The number of aromatic nitrogens is 2. The van der Waals surface area contributed by atoms with Crippen LogP contribution in [-0.4, -0.2) is 45.3 Å². The Morgan fingerprint density at radius 1 is 1.47 bits per heavy atom. The van der Waals surface area contributed by atoms with Crippen LogP contribution >= 0.6 is 0 Å². The highest BCUT2D eigenvalue weighted by atomic mass is 16.3. The van der Waals surface area contributed by atoms with Gasteiger partial charge in [0.05, 0.1) is 17.5 Å². The van der Waals surface area contributed by atoms with Crippen molar-refractivity contribution < 1.29 is 9.90 Å². The average Bonchev–Trinajstić information content (AvgIpc) is 2.94. The fourth-order valence-electron chi connectivity index (χ4n) is 2.29. The number of nitrogens with two attached hydrogens (primary N) is 1. The second-order valence-corrected chi connectivity index (χ2v) is 4.87. The Bertz CT molecular complexity index is 452. The number of aliphatic hydroxyl groups excluding tert-OH is 1. The van der Waals surface area contributed by atoms with Crippen LogP contribution in [0.15, 0.2) is 0 Å². The molecule has 1 aliphatic carbocycles. The van der Waals surface area contributed by atoms with Crippen LogP contribution in [0, 0.1) is 0 Å². The van der Waals surface area contributed by atoms with Crippen LogP contribution in [0.3, 0.4) is 0 Å². The third kappa shape index (κ3) is 1.78. The average molecular weight is 236 g/mol. The number of rotatable bonds is 2. The Kier molecular flexibility index (Phi) is 2.32. The van der Waals surface area contributed by atoms with Crippen molar-refractivity contribution in [1.29, 1.82) is 0 Å². The highest BCUT2D eigenvalue weighted by molar-refractivity contribution is 5.98. The number of likely N-dealkylation sites (tertiary alicyclic amines) is 1. The van der Waals surface area contributed by atoms with Gasteiger partial charge in [-0.15, -0.1) is 0 Å². The van der Waals surface area contributed by atoms with Crippen molar-refractivity contribution in [3.63, 3.8) is 0 Å². The van der Waals surface area contributed by atoms with Crippen LogP contribution in [0.5, 0.6) is 0 Å². The quantitative estimate of drug-likeness (QED) is 0.677. The number of carbonyl (C=O) groups excluding carboxylic acids is 1. The summed E-state index contributed by atoms with van der Waals surface area (Å²) in [5, 5.41) is 16.3. The minimum Gasteiger partial charge on any atom is -0.395 e. The molecular formula is C11H16N4O2. The number of anilines is 1. The van der Waals surface area contributed by atoms with E-state index >= 15 is 0 Å². The van der Waals surface area contributed by atoms with Crippen LogP contribution in [0.25, 0.3) is 0 Å². The summed E-state index contributed by atoms with van der Waals surface area (Å²) >= 11 is 0. The Labute approximate surface area is 98.8 Å². The lowest BCUT2D eigenvalue weighted by Crippen LogP contribution is -2.30. The summed E-state index contributed by atoms with van der Waals surface area (Å²) in [7, 11) is 0. The van der Waals surface area contributed by atoms with Gasteiger partial charge in [-0.25, -0.2) is 0 Å². The Balaban J connectivity index is 1.81. The molecule has 0 aromatic carbocycles. The molecule has 17 heavy (non-hydrogen) atoms. The predicted molar refractivity (Wildman–Crippen MR) is 61.5 cm³/mol. The molecule has 0 spiro atoms. The van der Waals surface area contributed by atoms with Gasteiger partial charge in [-0.05, 0) is 19.3 Å². The van der Waals surface area contributed by atoms with Crippen molar-refractivity contribution in [2.45, 2.75) is 31.3 Å². The van der Waals surface area contributed by atoms with Crippen molar-refractivity contribution in [2.24, 2.45) is 0 Å². The van der Waals surface area contributed by atoms with E-state index in [1.165, 1.54) is 0 Å². The fourth-order valence-corrected chi connectivity index (χ4v) is 2.29. The van der Waals surface area contributed by atoms with E-state index in [1.54, 1.807) is 4.90 Å². The molecule has 1 aromatic heterocycles. The number of hydrogen-bond acceptors (Lipinski definition) is 4. The van der Waals surface area contributed by atoms with Crippen molar-refractivity contribution >= 4 is 11.6 Å². The molecule has 6 heteroatoms. The largest absolute Gasteiger partial charge is 0.395 e. The van der Waals surface area contributed by atoms with Crippen LogP contribution in [0.4, 0.5) is 5.69 Å². The minimum atomic E-state index is -0.415. The smallest absolute Gasteiger partial charge is 0.276 e. The minimum absolute atomic E-state index is 0.179. The maximum Gasteiger partial charge on any atom is 0.276 e. The Hall–Kier alpha value is -1.56. The van der Waals surface area contributed by atoms with Crippen LogP contribution in [-0.2, 0) is 0 Å². The molecule has 92 valence electrons. The number of H-pyrrole nitrogens is 1. The van der Waals surface area contributed by atoms with Gasteiger partial charge in [0.25, 0.3) is 5.91 Å². The van der Waals surface area contributed by atoms with Gasteiger partial charge in [-0.1, -0.05) is 0 Å². The lowest BCUT2D eigenvalue weighted by molar-refractivity contribution is 0.0760. The molecule has 2 fully saturated rings. The number of hydrogen-bond donors (Lipinski definition) is 3. The molecule has 1 aromatic rings. The monoisotopic (exact) mass is 236 g/mol. The number of nitrogen functional groups attached to an aromatic ring is 1. The molecule has 2 heterocycles. The van der Waals surface area contributed by atoms with Gasteiger partial charge in [0.2, 0.25) is 0 Å². The molecule has 1 aliphatic heterocycles. The molecule has 0 unspecified atom stereocenters. The number of carbonyl (C=O) groups is 1. The van der Waals surface area contributed by atoms with E-state index in [4.69, 9.17) is 5.73 Å². The summed E-state index contributed by atoms with van der Waals surface area (Å²) < 4.78 is 0. The van der Waals surface area contributed by atoms with Gasteiger partial charge < -0.3 is 15.7 Å². The highest BCUT2D eigenvalue weighted by Gasteiger charge is 2.33. The number of aliphatic hydroxyl groups is 1. The van der Waals surface area contributed by atoms with E-state index < -0.39 is 6.10 Å². The third-order valence-electron chi connectivity index (χ3n) is 3.47. The van der Waals surface area contributed by atoms with Crippen molar-refractivity contribution in [3.8, 4) is 0 Å². The first-order valence-corrected chi connectivity index (χ1v) is 5.98. The molecule has 1 saturated carbocycles. The number of aromatic amines is 1. The summed E-state index contributed by atoms with van der Waals surface area (Å²) in [6, 6.07) is 0. The van der Waals surface area contributed by atoms with Crippen molar-refractivity contribution in [2.75, 3.05) is 18.8 Å². The summed E-state index contributed by atoms with van der Waals surface area (Å²) in [6.45, 7) is 0.953.